The lowest BCUT2D eigenvalue weighted by Gasteiger charge is -2.03. The van der Waals surface area contributed by atoms with Crippen molar-refractivity contribution in [2.45, 2.75) is 0 Å². The van der Waals surface area contributed by atoms with E-state index < -0.39 is 24.7 Å². The molecule has 0 atom stereocenters. The third kappa shape index (κ3) is 39.5. The molecule has 0 amide bonds. The summed E-state index contributed by atoms with van der Waals surface area (Å²) in [7, 11) is -14.7. The minimum atomic E-state index is -5.05. The van der Waals surface area contributed by atoms with E-state index in [2.05, 4.69) is 4.31 Å². The van der Waals surface area contributed by atoms with Crippen molar-refractivity contribution in [3.63, 3.8) is 0 Å². The second kappa shape index (κ2) is 5.41. The van der Waals surface area contributed by atoms with Crippen molar-refractivity contribution in [2.75, 3.05) is 0 Å². The van der Waals surface area contributed by atoms with Gasteiger partial charge >= 0.3 is 24.7 Å². The fourth-order valence-corrected chi connectivity index (χ4v) is 1.25. The van der Waals surface area contributed by atoms with Crippen molar-refractivity contribution >= 4 is 24.7 Å². The largest absolute Gasteiger partial charge is 0.668 e. The Labute approximate surface area is 77.8 Å². The highest BCUT2D eigenvalue weighted by Crippen LogP contribution is 2.53. The first kappa shape index (κ1) is 16.7. The van der Waals surface area contributed by atoms with E-state index in [1.165, 1.54) is 0 Å². The van der Waals surface area contributed by atoms with Crippen LogP contribution in [0.4, 0.5) is 0 Å². The normalized spacial score (nSPS) is 13.1. The summed E-state index contributed by atoms with van der Waals surface area (Å²) in [4.78, 5) is 60.3. The molecule has 0 aromatic heterocycles. The Morgan fingerprint density at radius 2 is 0.929 bits per heavy atom. The fourth-order valence-electron chi connectivity index (χ4n) is 0.139. The molecule has 0 aliphatic carbocycles. The molecule has 0 bridgehead atoms. The summed E-state index contributed by atoms with van der Waals surface area (Å²) in [6.45, 7) is 0. The van der Waals surface area contributed by atoms with Crippen LogP contribution in [-0.2, 0) is 13.4 Å². The smallest absolute Gasteiger partial charge is 0.368 e. The van der Waals surface area contributed by atoms with Gasteiger partial charge in [-0.25, -0.2) is 9.13 Å². The molecule has 0 aliphatic rings. The van der Waals surface area contributed by atoms with E-state index in [9.17, 15) is 9.13 Å². The summed E-state index contributed by atoms with van der Waals surface area (Å²) < 4.78 is 22.2. The monoisotopic (exact) mass is 274 g/mol. The van der Waals surface area contributed by atoms with E-state index in [-0.39, 0.29) is 0 Å². The quantitative estimate of drug-likeness (QED) is 0.184. The second-order valence-corrected chi connectivity index (χ2v) is 5.48. The van der Waals surface area contributed by atoms with Crippen LogP contribution in [0.2, 0.25) is 0 Å². The Morgan fingerprint density at radius 3 is 0.929 bits per heavy atom. The van der Waals surface area contributed by atoms with Gasteiger partial charge in [-0.05, 0) is 0 Å². The topological polar surface area (TPSA) is 205 Å². The molecule has 0 heterocycles. The zero-order valence-corrected chi connectivity index (χ0v) is 8.99. The van der Waals surface area contributed by atoms with Gasteiger partial charge in [-0.3, -0.25) is 0 Å². The minimum absolute atomic E-state index is 2.96. The third-order valence-corrected chi connectivity index (χ3v) is 1.91. The van der Waals surface area contributed by atoms with E-state index in [0.717, 1.165) is 0 Å². The highest BCUT2D eigenvalue weighted by Gasteiger charge is 2.27. The van der Waals surface area contributed by atoms with Gasteiger partial charge in [0.05, 0.1) is 0 Å². The molecule has 0 aliphatic heterocycles. The highest BCUT2D eigenvalue weighted by atomic mass is 31.3. The van der Waals surface area contributed by atoms with Crippen LogP contribution >= 0.6 is 15.6 Å². The number of hydrogen-bond acceptors (Lipinski definition) is 7. The second-order valence-electron chi connectivity index (χ2n) is 1.66. The highest BCUT2D eigenvalue weighted by molar-refractivity contribution is 7.60. The maximum atomic E-state index is 9.63. The van der Waals surface area contributed by atoms with Crippen LogP contribution in [0.15, 0.2) is 0 Å². The Kier molecular flexibility index (Phi) is 6.47. The summed E-state index contributed by atoms with van der Waals surface area (Å²) in [5.74, 6) is 0. The van der Waals surface area contributed by atoms with E-state index in [4.69, 9.17) is 38.8 Å². The summed E-state index contributed by atoms with van der Waals surface area (Å²) >= 11 is 0. The first-order valence-corrected chi connectivity index (χ1v) is 7.27. The number of hydrogen-bond donors (Lipinski definition) is 8. The van der Waals surface area contributed by atoms with Crippen molar-refractivity contribution < 1.29 is 52.2 Å². The van der Waals surface area contributed by atoms with Gasteiger partial charge in [-0.15, -0.1) is 0 Å². The predicted octanol–water partition coefficient (Wildman–Crippen LogP) is -3.42. The van der Waals surface area contributed by atoms with Gasteiger partial charge in [0.1, 0.15) is 0 Å². The molecule has 0 unspecified atom stereocenters. The Bertz CT molecular complexity index is 211. The molecule has 0 spiro atoms. The zero-order chi connectivity index (χ0) is 12.2. The molecular formula is H8O11P2Si. The minimum Gasteiger partial charge on any atom is -0.368 e. The van der Waals surface area contributed by atoms with Crippen LogP contribution in [0.3, 0.4) is 0 Å². The average Bonchev–Trinajstić information content (AvgIpc) is 1.42. The van der Waals surface area contributed by atoms with Crippen LogP contribution in [0.25, 0.3) is 0 Å². The van der Waals surface area contributed by atoms with Gasteiger partial charge in [0, 0.05) is 0 Å². The van der Waals surface area contributed by atoms with Crippen LogP contribution in [0.1, 0.15) is 0 Å². The fraction of sp³-hybridized carbons (Fsp3) is 0. The van der Waals surface area contributed by atoms with Crippen LogP contribution in [-0.4, -0.2) is 47.8 Å². The molecule has 8 N–H and O–H groups in total. The van der Waals surface area contributed by atoms with Crippen molar-refractivity contribution in [3.05, 3.63) is 0 Å². The Morgan fingerprint density at radius 1 is 0.786 bits per heavy atom. The van der Waals surface area contributed by atoms with E-state index in [0.29, 0.717) is 0 Å². The Balaban J connectivity index is 0. The molecule has 0 aromatic carbocycles. The molecule has 14 heteroatoms. The van der Waals surface area contributed by atoms with Gasteiger partial charge in [0.25, 0.3) is 0 Å². The maximum Gasteiger partial charge on any atom is 0.668 e. The Hall–Kier alpha value is 0.317. The molecule has 88 valence electrons. The summed E-state index contributed by atoms with van der Waals surface area (Å²) in [5.41, 5.74) is 0. The van der Waals surface area contributed by atoms with Gasteiger partial charge in [-0.1, -0.05) is 0 Å². The number of phosphoric acid groups is 2. The van der Waals surface area contributed by atoms with E-state index >= 15 is 0 Å². The lowest BCUT2D eigenvalue weighted by atomic mass is 15.7. The van der Waals surface area contributed by atoms with Gasteiger partial charge in [0.15, 0.2) is 0 Å². The SMILES string of the molecule is O=P(O)(O)OP(=O)(O)O.O[Si](O)(O)O. The van der Waals surface area contributed by atoms with Gasteiger partial charge in [0.2, 0.25) is 0 Å². The van der Waals surface area contributed by atoms with E-state index in [1.54, 1.807) is 0 Å². The molecule has 11 nitrogen and oxygen atoms in total. The van der Waals surface area contributed by atoms with Crippen LogP contribution < -0.4 is 0 Å². The average molecular weight is 274 g/mol. The van der Waals surface area contributed by atoms with Gasteiger partial charge < -0.3 is 38.8 Å². The van der Waals surface area contributed by atoms with E-state index in [1.807, 2.05) is 0 Å². The molecular weight excluding hydrogens is 266 g/mol. The van der Waals surface area contributed by atoms with Crippen molar-refractivity contribution in [2.24, 2.45) is 0 Å². The van der Waals surface area contributed by atoms with Crippen molar-refractivity contribution in [1.82, 2.24) is 0 Å². The molecule has 0 radical (unpaired) electrons. The third-order valence-electron chi connectivity index (χ3n) is 0.213. The van der Waals surface area contributed by atoms with Crippen molar-refractivity contribution in [1.29, 1.82) is 0 Å². The molecule has 0 aromatic rings. The first-order valence-electron chi connectivity index (χ1n) is 2.42. The summed E-state index contributed by atoms with van der Waals surface area (Å²) in [6.07, 6.45) is 0. The molecule has 14 heavy (non-hydrogen) atoms. The lowest BCUT2D eigenvalue weighted by Crippen LogP contribution is -2.33. The molecule has 0 fully saturated rings. The maximum absolute atomic E-state index is 9.63. The van der Waals surface area contributed by atoms with Gasteiger partial charge in [-0.2, -0.15) is 4.31 Å². The first-order chi connectivity index (χ1) is 5.71. The summed E-state index contributed by atoms with van der Waals surface area (Å²) in [5, 5.41) is 0. The predicted molar refractivity (Wildman–Crippen MR) is 39.8 cm³/mol. The van der Waals surface area contributed by atoms with Crippen LogP contribution in [0, 0.1) is 0 Å². The van der Waals surface area contributed by atoms with Crippen molar-refractivity contribution in [3.8, 4) is 0 Å². The molecule has 0 saturated heterocycles. The number of rotatable bonds is 2. The summed E-state index contributed by atoms with van der Waals surface area (Å²) in [6, 6.07) is 0. The van der Waals surface area contributed by atoms with Crippen LogP contribution in [0.5, 0.6) is 0 Å². The molecule has 0 saturated carbocycles. The lowest BCUT2D eigenvalue weighted by molar-refractivity contribution is 0.117. The standard InChI is InChI=1S/H4O7P2.H4O4Si/c1-8(2,3)7-9(4,5)6;1-5(2,3)4/h(H2,1,2,3)(H2,4,5,6);1-4H. The zero-order valence-electron chi connectivity index (χ0n) is 6.20. The molecule has 0 rings (SSSR count).